The topological polar surface area (TPSA) is 37.3 Å². The average molecular weight is 164 g/mol. The molecular formula is C10H12O2. The first-order chi connectivity index (χ1) is 5.59. The van der Waals surface area contributed by atoms with Gasteiger partial charge < -0.3 is 5.11 Å². The highest BCUT2D eigenvalue weighted by atomic mass is 16.3. The molecule has 12 heavy (non-hydrogen) atoms. The van der Waals surface area contributed by atoms with Gasteiger partial charge in [-0.3, -0.25) is 4.79 Å². The lowest BCUT2D eigenvalue weighted by molar-refractivity contribution is 0.474. The summed E-state index contributed by atoms with van der Waals surface area (Å²) in [7, 11) is 0. The maximum atomic E-state index is 10.9. The van der Waals surface area contributed by atoms with E-state index in [0.717, 1.165) is 5.56 Å². The van der Waals surface area contributed by atoms with Gasteiger partial charge in [0.25, 0.3) is 0 Å². The van der Waals surface area contributed by atoms with Gasteiger partial charge in [-0.1, -0.05) is 19.9 Å². The molecule has 0 fully saturated rings. The first kappa shape index (κ1) is 8.78. The molecule has 0 radical (unpaired) electrons. The second-order valence-electron chi connectivity index (χ2n) is 3.10. The highest BCUT2D eigenvalue weighted by Crippen LogP contribution is 2.15. The molecule has 0 aliphatic rings. The van der Waals surface area contributed by atoms with Gasteiger partial charge in [-0.2, -0.15) is 0 Å². The molecule has 0 unspecified atom stereocenters. The van der Waals surface area contributed by atoms with Crippen molar-refractivity contribution in [2.45, 2.75) is 19.8 Å². The normalized spacial score (nSPS) is 10.2. The molecule has 1 aromatic carbocycles. The Balaban J connectivity index is 3.29. The van der Waals surface area contributed by atoms with Crippen LogP contribution in [-0.4, -0.2) is 5.11 Å². The zero-order valence-electron chi connectivity index (χ0n) is 7.24. The average Bonchev–Trinajstić information content (AvgIpc) is 2.11. The Morgan fingerprint density at radius 1 is 1.25 bits per heavy atom. The van der Waals surface area contributed by atoms with Gasteiger partial charge in [-0.25, -0.2) is 0 Å². The van der Waals surface area contributed by atoms with Crippen LogP contribution in [0.1, 0.15) is 25.3 Å². The van der Waals surface area contributed by atoms with Gasteiger partial charge in [0.1, 0.15) is 5.75 Å². The monoisotopic (exact) mass is 164 g/mol. The molecule has 0 saturated heterocycles. The summed E-state index contributed by atoms with van der Waals surface area (Å²) >= 11 is 0. The van der Waals surface area contributed by atoms with Crippen molar-refractivity contribution < 1.29 is 5.11 Å². The van der Waals surface area contributed by atoms with E-state index in [0.29, 0.717) is 5.92 Å². The summed E-state index contributed by atoms with van der Waals surface area (Å²) in [5.74, 6) is 0.358. The Kier molecular flexibility index (Phi) is 2.48. The SMILES string of the molecule is CC(C)c1ccc(=O)cc(O)c1. The van der Waals surface area contributed by atoms with Crippen LogP contribution in [0.5, 0.6) is 5.75 Å². The summed E-state index contributed by atoms with van der Waals surface area (Å²) in [6, 6.07) is 6.04. The Morgan fingerprint density at radius 3 is 2.50 bits per heavy atom. The van der Waals surface area contributed by atoms with Gasteiger partial charge in [0.2, 0.25) is 0 Å². The lowest BCUT2D eigenvalue weighted by Gasteiger charge is -2.00. The van der Waals surface area contributed by atoms with E-state index in [2.05, 4.69) is 0 Å². The van der Waals surface area contributed by atoms with Crippen LogP contribution in [0.15, 0.2) is 29.1 Å². The quantitative estimate of drug-likeness (QED) is 0.688. The Hall–Kier alpha value is -1.31. The minimum absolute atomic E-state index is 0.0358. The van der Waals surface area contributed by atoms with Gasteiger partial charge >= 0.3 is 0 Å². The van der Waals surface area contributed by atoms with Gasteiger partial charge in [0, 0.05) is 6.07 Å². The predicted molar refractivity (Wildman–Crippen MR) is 48.5 cm³/mol. The molecule has 0 spiro atoms. The predicted octanol–water partition coefficient (Wildman–Crippen LogP) is 1.88. The maximum absolute atomic E-state index is 10.9. The van der Waals surface area contributed by atoms with E-state index in [-0.39, 0.29) is 11.2 Å². The summed E-state index contributed by atoms with van der Waals surface area (Å²) in [5, 5.41) is 9.20. The second-order valence-corrected chi connectivity index (χ2v) is 3.10. The van der Waals surface area contributed by atoms with Gasteiger partial charge in [-0.15, -0.1) is 0 Å². The van der Waals surface area contributed by atoms with E-state index in [4.69, 9.17) is 0 Å². The molecule has 1 rings (SSSR count). The van der Waals surface area contributed by atoms with Crippen molar-refractivity contribution in [1.29, 1.82) is 0 Å². The molecular weight excluding hydrogens is 152 g/mol. The van der Waals surface area contributed by atoms with Crippen molar-refractivity contribution in [3.8, 4) is 5.75 Å². The number of hydrogen-bond donors (Lipinski definition) is 1. The van der Waals surface area contributed by atoms with Crippen molar-refractivity contribution in [1.82, 2.24) is 0 Å². The van der Waals surface area contributed by atoms with Crippen LogP contribution < -0.4 is 5.43 Å². The lowest BCUT2D eigenvalue weighted by atomic mass is 10.1. The number of aromatic hydroxyl groups is 1. The third-order valence-electron chi connectivity index (χ3n) is 1.71. The van der Waals surface area contributed by atoms with Crippen molar-refractivity contribution >= 4 is 0 Å². The number of rotatable bonds is 1. The third-order valence-corrected chi connectivity index (χ3v) is 1.71. The molecule has 0 saturated carbocycles. The van der Waals surface area contributed by atoms with Crippen LogP contribution in [0.2, 0.25) is 0 Å². The van der Waals surface area contributed by atoms with E-state index < -0.39 is 0 Å². The van der Waals surface area contributed by atoms with Crippen molar-refractivity contribution in [3.05, 3.63) is 40.1 Å². The van der Waals surface area contributed by atoms with Crippen LogP contribution in [0.25, 0.3) is 0 Å². The van der Waals surface area contributed by atoms with E-state index in [9.17, 15) is 9.90 Å². The van der Waals surface area contributed by atoms with Gasteiger partial charge in [0.15, 0.2) is 5.43 Å². The number of hydrogen-bond acceptors (Lipinski definition) is 2. The molecule has 0 amide bonds. The summed E-state index contributed by atoms with van der Waals surface area (Å²) in [5.41, 5.74) is 0.800. The molecule has 2 nitrogen and oxygen atoms in total. The molecule has 2 heteroatoms. The molecule has 0 aliphatic carbocycles. The fraction of sp³-hybridized carbons (Fsp3) is 0.300. The van der Waals surface area contributed by atoms with E-state index in [1.165, 1.54) is 12.1 Å². The first-order valence-electron chi connectivity index (χ1n) is 3.94. The van der Waals surface area contributed by atoms with Crippen LogP contribution in [0.4, 0.5) is 0 Å². The van der Waals surface area contributed by atoms with Gasteiger partial charge in [0.05, 0.1) is 0 Å². The molecule has 0 atom stereocenters. The van der Waals surface area contributed by atoms with Crippen molar-refractivity contribution in [3.63, 3.8) is 0 Å². The van der Waals surface area contributed by atoms with Crippen LogP contribution in [0, 0.1) is 0 Å². The Labute approximate surface area is 71.5 Å². The van der Waals surface area contributed by atoms with E-state index in [1.54, 1.807) is 12.1 Å². The highest BCUT2D eigenvalue weighted by Gasteiger charge is 1.98. The lowest BCUT2D eigenvalue weighted by Crippen LogP contribution is -1.88. The van der Waals surface area contributed by atoms with E-state index >= 15 is 0 Å². The zero-order chi connectivity index (χ0) is 9.14. The van der Waals surface area contributed by atoms with Gasteiger partial charge in [-0.05, 0) is 23.6 Å². The molecule has 64 valence electrons. The summed E-state index contributed by atoms with van der Waals surface area (Å²) in [6.07, 6.45) is 0. The first-order valence-corrected chi connectivity index (χ1v) is 3.94. The third kappa shape index (κ3) is 2.09. The summed E-state index contributed by atoms with van der Waals surface area (Å²) in [4.78, 5) is 10.9. The Bertz CT molecular complexity index is 329. The zero-order valence-corrected chi connectivity index (χ0v) is 7.24. The molecule has 1 aromatic rings. The van der Waals surface area contributed by atoms with Crippen molar-refractivity contribution in [2.75, 3.05) is 0 Å². The smallest absolute Gasteiger partial charge is 0.182 e. The van der Waals surface area contributed by atoms with Crippen LogP contribution in [-0.2, 0) is 0 Å². The molecule has 0 aromatic heterocycles. The fourth-order valence-electron chi connectivity index (χ4n) is 0.992. The second kappa shape index (κ2) is 3.39. The molecule has 1 N–H and O–H groups in total. The Morgan fingerprint density at radius 2 is 1.92 bits per heavy atom. The largest absolute Gasteiger partial charge is 0.508 e. The van der Waals surface area contributed by atoms with E-state index in [1.807, 2.05) is 13.8 Å². The van der Waals surface area contributed by atoms with Crippen LogP contribution in [0.3, 0.4) is 0 Å². The minimum Gasteiger partial charge on any atom is -0.508 e. The maximum Gasteiger partial charge on any atom is 0.182 e. The standard InChI is InChI=1S/C10H12O2/c1-7(2)8-3-4-9(11)6-10(12)5-8/h3-7,12H,1-2H3. The summed E-state index contributed by atoms with van der Waals surface area (Å²) < 4.78 is 0. The van der Waals surface area contributed by atoms with Crippen molar-refractivity contribution in [2.24, 2.45) is 0 Å². The minimum atomic E-state index is -0.167. The summed E-state index contributed by atoms with van der Waals surface area (Å²) in [6.45, 7) is 4.03. The molecule has 0 heterocycles. The molecule has 0 aliphatic heterocycles. The molecule has 0 bridgehead atoms. The fourth-order valence-corrected chi connectivity index (χ4v) is 0.992. The van der Waals surface area contributed by atoms with Crippen LogP contribution >= 0.6 is 0 Å². The highest BCUT2D eigenvalue weighted by molar-refractivity contribution is 5.27.